The summed E-state index contributed by atoms with van der Waals surface area (Å²) in [5.41, 5.74) is 1.05. The smallest absolute Gasteiger partial charge is 0.240 e. The van der Waals surface area contributed by atoms with E-state index in [0.717, 1.165) is 51.6 Å². The standard InChI is InChI=1S/C17H26N2O/c1-2-11-17(12-7-14-19-17)16(20)18-13-6-10-15-8-4-3-5-9-15/h3-5,8-9,19H,2,6-7,10-14H2,1H3,(H,18,20). The Morgan fingerprint density at radius 3 is 2.80 bits per heavy atom. The van der Waals surface area contributed by atoms with Gasteiger partial charge < -0.3 is 10.6 Å². The van der Waals surface area contributed by atoms with Crippen LogP contribution in [0.1, 0.15) is 44.6 Å². The van der Waals surface area contributed by atoms with Gasteiger partial charge in [0, 0.05) is 6.54 Å². The van der Waals surface area contributed by atoms with E-state index in [1.165, 1.54) is 5.56 Å². The Hall–Kier alpha value is -1.35. The van der Waals surface area contributed by atoms with Crippen LogP contribution in [0.4, 0.5) is 0 Å². The Morgan fingerprint density at radius 2 is 2.15 bits per heavy atom. The number of carbonyl (C=O) groups excluding carboxylic acids is 1. The van der Waals surface area contributed by atoms with E-state index in [-0.39, 0.29) is 11.4 Å². The minimum absolute atomic E-state index is 0.199. The van der Waals surface area contributed by atoms with E-state index in [1.54, 1.807) is 0 Å². The van der Waals surface area contributed by atoms with Crippen molar-refractivity contribution in [1.29, 1.82) is 0 Å². The van der Waals surface area contributed by atoms with Crippen molar-refractivity contribution in [2.45, 2.75) is 51.0 Å². The molecule has 3 heteroatoms. The first kappa shape index (κ1) is 15.0. The first-order valence-corrected chi connectivity index (χ1v) is 7.84. The highest BCUT2D eigenvalue weighted by Gasteiger charge is 2.39. The summed E-state index contributed by atoms with van der Waals surface area (Å²) in [5.74, 6) is 0.199. The van der Waals surface area contributed by atoms with Gasteiger partial charge in [-0.25, -0.2) is 0 Å². The van der Waals surface area contributed by atoms with Crippen LogP contribution in [-0.4, -0.2) is 24.5 Å². The van der Waals surface area contributed by atoms with Crippen molar-refractivity contribution < 1.29 is 4.79 Å². The third-order valence-electron chi connectivity index (χ3n) is 4.13. The lowest BCUT2D eigenvalue weighted by Gasteiger charge is -2.27. The van der Waals surface area contributed by atoms with E-state index >= 15 is 0 Å². The topological polar surface area (TPSA) is 41.1 Å². The third kappa shape index (κ3) is 3.83. The predicted molar refractivity (Wildman–Crippen MR) is 82.6 cm³/mol. The van der Waals surface area contributed by atoms with Gasteiger partial charge in [-0.3, -0.25) is 4.79 Å². The van der Waals surface area contributed by atoms with Gasteiger partial charge in [0.05, 0.1) is 5.54 Å². The van der Waals surface area contributed by atoms with Crippen molar-refractivity contribution in [2.24, 2.45) is 0 Å². The van der Waals surface area contributed by atoms with Gasteiger partial charge in [-0.1, -0.05) is 43.7 Å². The molecule has 1 aromatic rings. The fourth-order valence-electron chi connectivity index (χ4n) is 3.06. The molecule has 0 bridgehead atoms. The number of aryl methyl sites for hydroxylation is 1. The zero-order valence-corrected chi connectivity index (χ0v) is 12.5. The maximum atomic E-state index is 12.4. The minimum Gasteiger partial charge on any atom is -0.354 e. The van der Waals surface area contributed by atoms with Crippen LogP contribution in [0.3, 0.4) is 0 Å². The summed E-state index contributed by atoms with van der Waals surface area (Å²) in [6, 6.07) is 10.4. The van der Waals surface area contributed by atoms with Crippen LogP contribution < -0.4 is 10.6 Å². The number of amides is 1. The monoisotopic (exact) mass is 274 g/mol. The van der Waals surface area contributed by atoms with Crippen LogP contribution in [0.5, 0.6) is 0 Å². The molecule has 0 spiro atoms. The molecule has 2 rings (SSSR count). The van der Waals surface area contributed by atoms with Crippen molar-refractivity contribution in [3.05, 3.63) is 35.9 Å². The quantitative estimate of drug-likeness (QED) is 0.751. The Morgan fingerprint density at radius 1 is 1.35 bits per heavy atom. The van der Waals surface area contributed by atoms with Crippen molar-refractivity contribution in [3.63, 3.8) is 0 Å². The molecule has 1 heterocycles. The number of rotatable bonds is 7. The van der Waals surface area contributed by atoms with Crippen molar-refractivity contribution in [1.82, 2.24) is 10.6 Å². The van der Waals surface area contributed by atoms with Gasteiger partial charge in [-0.2, -0.15) is 0 Å². The molecule has 0 radical (unpaired) electrons. The largest absolute Gasteiger partial charge is 0.354 e. The fourth-order valence-corrected chi connectivity index (χ4v) is 3.06. The van der Waals surface area contributed by atoms with E-state index < -0.39 is 0 Å². The average Bonchev–Trinajstić information content (AvgIpc) is 2.95. The Balaban J connectivity index is 1.74. The summed E-state index contributed by atoms with van der Waals surface area (Å²) in [4.78, 5) is 12.4. The Bertz CT molecular complexity index is 410. The second kappa shape index (κ2) is 7.44. The summed E-state index contributed by atoms with van der Waals surface area (Å²) in [6.07, 6.45) is 6.10. The molecule has 1 aromatic carbocycles. The predicted octanol–water partition coefficient (Wildman–Crippen LogP) is 2.66. The second-order valence-corrected chi connectivity index (χ2v) is 5.71. The zero-order valence-electron chi connectivity index (χ0n) is 12.5. The van der Waals surface area contributed by atoms with Gasteiger partial charge in [0.1, 0.15) is 0 Å². The number of hydrogen-bond donors (Lipinski definition) is 2. The molecule has 20 heavy (non-hydrogen) atoms. The molecule has 1 amide bonds. The van der Waals surface area contributed by atoms with Gasteiger partial charge in [-0.05, 0) is 44.2 Å². The molecular weight excluding hydrogens is 248 g/mol. The van der Waals surface area contributed by atoms with Gasteiger partial charge in [0.2, 0.25) is 5.91 Å². The lowest BCUT2D eigenvalue weighted by molar-refractivity contribution is -0.127. The van der Waals surface area contributed by atoms with Crippen LogP contribution in [0.15, 0.2) is 30.3 Å². The van der Waals surface area contributed by atoms with E-state index in [1.807, 2.05) is 6.07 Å². The molecule has 0 aromatic heterocycles. The molecule has 1 atom stereocenters. The van der Waals surface area contributed by atoms with E-state index in [9.17, 15) is 4.79 Å². The number of carbonyl (C=O) groups is 1. The van der Waals surface area contributed by atoms with E-state index in [2.05, 4.69) is 41.8 Å². The third-order valence-corrected chi connectivity index (χ3v) is 4.13. The molecule has 1 aliphatic heterocycles. The molecule has 110 valence electrons. The van der Waals surface area contributed by atoms with Crippen LogP contribution in [0.25, 0.3) is 0 Å². The highest BCUT2D eigenvalue weighted by atomic mass is 16.2. The maximum Gasteiger partial charge on any atom is 0.240 e. The van der Waals surface area contributed by atoms with Gasteiger partial charge in [-0.15, -0.1) is 0 Å². The molecule has 2 N–H and O–H groups in total. The summed E-state index contributed by atoms with van der Waals surface area (Å²) in [6.45, 7) is 3.88. The highest BCUT2D eigenvalue weighted by molar-refractivity contribution is 5.86. The first-order chi connectivity index (χ1) is 9.77. The first-order valence-electron chi connectivity index (χ1n) is 7.84. The lowest BCUT2D eigenvalue weighted by Crippen LogP contribution is -2.53. The van der Waals surface area contributed by atoms with Crippen molar-refractivity contribution in [2.75, 3.05) is 13.1 Å². The molecular formula is C17H26N2O. The molecule has 1 fully saturated rings. The number of hydrogen-bond acceptors (Lipinski definition) is 2. The van der Waals surface area contributed by atoms with Crippen LogP contribution >= 0.6 is 0 Å². The van der Waals surface area contributed by atoms with Crippen LogP contribution in [0, 0.1) is 0 Å². The molecule has 1 saturated heterocycles. The SMILES string of the molecule is CCCC1(C(=O)NCCCc2ccccc2)CCCN1. The highest BCUT2D eigenvalue weighted by Crippen LogP contribution is 2.24. The molecule has 1 unspecified atom stereocenters. The Kier molecular flexibility index (Phi) is 5.60. The van der Waals surface area contributed by atoms with Crippen molar-refractivity contribution in [3.8, 4) is 0 Å². The normalized spacial score (nSPS) is 21.9. The van der Waals surface area contributed by atoms with E-state index in [0.29, 0.717) is 0 Å². The van der Waals surface area contributed by atoms with Gasteiger partial charge >= 0.3 is 0 Å². The van der Waals surface area contributed by atoms with Crippen LogP contribution in [-0.2, 0) is 11.2 Å². The second-order valence-electron chi connectivity index (χ2n) is 5.71. The maximum absolute atomic E-state index is 12.4. The van der Waals surface area contributed by atoms with Gasteiger partial charge in [0.25, 0.3) is 0 Å². The molecule has 0 aliphatic carbocycles. The molecule has 1 aliphatic rings. The number of nitrogens with one attached hydrogen (secondary N) is 2. The summed E-state index contributed by atoms with van der Waals surface area (Å²) in [7, 11) is 0. The summed E-state index contributed by atoms with van der Waals surface area (Å²) < 4.78 is 0. The fraction of sp³-hybridized carbons (Fsp3) is 0.588. The molecule has 3 nitrogen and oxygen atoms in total. The van der Waals surface area contributed by atoms with E-state index in [4.69, 9.17) is 0 Å². The molecule has 0 saturated carbocycles. The minimum atomic E-state index is -0.290. The van der Waals surface area contributed by atoms with Crippen LogP contribution in [0.2, 0.25) is 0 Å². The van der Waals surface area contributed by atoms with Gasteiger partial charge in [0.15, 0.2) is 0 Å². The number of benzene rings is 1. The Labute approximate surface area is 122 Å². The zero-order chi connectivity index (χ0) is 14.3. The summed E-state index contributed by atoms with van der Waals surface area (Å²) in [5, 5.41) is 6.54. The summed E-state index contributed by atoms with van der Waals surface area (Å²) >= 11 is 0. The lowest BCUT2D eigenvalue weighted by atomic mass is 9.91. The average molecular weight is 274 g/mol. The van der Waals surface area contributed by atoms with Crippen molar-refractivity contribution >= 4 is 5.91 Å².